The zero-order valence-corrected chi connectivity index (χ0v) is 11.7. The maximum Gasteiger partial charge on any atom is 0.287 e. The van der Waals surface area contributed by atoms with Crippen molar-refractivity contribution in [3.8, 4) is 6.07 Å². The first-order chi connectivity index (χ1) is 9.52. The zero-order valence-electron chi connectivity index (χ0n) is 11.7. The molecule has 106 valence electrons. The number of nitriles is 1. The topological polar surface area (TPSA) is 73.4 Å². The Morgan fingerprint density at radius 3 is 2.85 bits per heavy atom. The molecule has 0 saturated carbocycles. The second-order valence-corrected chi connectivity index (χ2v) is 5.28. The number of likely N-dealkylation sites (N-methyl/N-ethyl adjacent to an activating group) is 1. The Morgan fingerprint density at radius 1 is 1.50 bits per heavy atom. The summed E-state index contributed by atoms with van der Waals surface area (Å²) in [7, 11) is 4.12. The number of hydrogen-bond donors (Lipinski definition) is 0. The summed E-state index contributed by atoms with van der Waals surface area (Å²) in [5, 5.41) is 19.9. The Bertz CT molecular complexity index is 551. The Balaban J connectivity index is 2.25. The number of hydrogen-bond acceptors (Lipinski definition) is 5. The van der Waals surface area contributed by atoms with Crippen molar-refractivity contribution in [1.82, 2.24) is 4.90 Å². The molecule has 6 nitrogen and oxygen atoms in total. The molecule has 1 unspecified atom stereocenters. The van der Waals surface area contributed by atoms with Crippen LogP contribution in [0.4, 0.5) is 11.4 Å². The smallest absolute Gasteiger partial charge is 0.287 e. The molecule has 0 spiro atoms. The Kier molecular flexibility index (Phi) is 4.20. The Morgan fingerprint density at radius 2 is 2.25 bits per heavy atom. The first-order valence-corrected chi connectivity index (χ1v) is 6.63. The fourth-order valence-electron chi connectivity index (χ4n) is 2.58. The van der Waals surface area contributed by atoms with Crippen molar-refractivity contribution in [2.45, 2.75) is 18.9 Å². The van der Waals surface area contributed by atoms with Crippen LogP contribution in [0.1, 0.15) is 18.4 Å². The predicted molar refractivity (Wildman–Crippen MR) is 76.7 cm³/mol. The first kappa shape index (κ1) is 14.3. The highest BCUT2D eigenvalue weighted by Crippen LogP contribution is 2.27. The highest BCUT2D eigenvalue weighted by molar-refractivity contribution is 5.60. The minimum absolute atomic E-state index is 0.125. The van der Waals surface area contributed by atoms with Gasteiger partial charge in [-0.3, -0.25) is 10.1 Å². The van der Waals surface area contributed by atoms with Crippen LogP contribution in [0.5, 0.6) is 0 Å². The Labute approximate surface area is 118 Å². The van der Waals surface area contributed by atoms with Gasteiger partial charge in [0.1, 0.15) is 11.6 Å². The highest BCUT2D eigenvalue weighted by Gasteiger charge is 2.23. The normalized spacial score (nSPS) is 18.9. The molecule has 1 fully saturated rings. The van der Waals surface area contributed by atoms with Gasteiger partial charge >= 0.3 is 0 Å². The van der Waals surface area contributed by atoms with Crippen LogP contribution in [-0.4, -0.2) is 43.0 Å². The van der Waals surface area contributed by atoms with Gasteiger partial charge in [0.15, 0.2) is 0 Å². The van der Waals surface area contributed by atoms with Crippen LogP contribution in [-0.2, 0) is 0 Å². The molecule has 0 N–H and O–H groups in total. The van der Waals surface area contributed by atoms with Gasteiger partial charge in [-0.05, 0) is 39.1 Å². The molecular weight excluding hydrogens is 256 g/mol. The molecule has 0 amide bonds. The maximum atomic E-state index is 10.8. The Hall–Kier alpha value is -2.13. The van der Waals surface area contributed by atoms with Gasteiger partial charge in [-0.1, -0.05) is 0 Å². The summed E-state index contributed by atoms with van der Waals surface area (Å²) in [5.41, 5.74) is 0.885. The van der Waals surface area contributed by atoms with Crippen LogP contribution >= 0.6 is 0 Å². The molecule has 1 aromatic carbocycles. The van der Waals surface area contributed by atoms with Crippen molar-refractivity contribution >= 4 is 11.4 Å². The first-order valence-electron chi connectivity index (χ1n) is 6.63. The molecule has 20 heavy (non-hydrogen) atoms. The van der Waals surface area contributed by atoms with E-state index < -0.39 is 4.92 Å². The van der Waals surface area contributed by atoms with Gasteiger partial charge < -0.3 is 9.80 Å². The van der Waals surface area contributed by atoms with E-state index in [1.165, 1.54) is 6.07 Å². The van der Waals surface area contributed by atoms with Gasteiger partial charge in [0.2, 0.25) is 0 Å². The fraction of sp³-hybridized carbons (Fsp3) is 0.500. The van der Waals surface area contributed by atoms with E-state index in [4.69, 9.17) is 5.26 Å². The third-order valence-corrected chi connectivity index (χ3v) is 3.79. The third kappa shape index (κ3) is 2.89. The third-order valence-electron chi connectivity index (χ3n) is 3.79. The van der Waals surface area contributed by atoms with Gasteiger partial charge in [0.05, 0.1) is 4.92 Å². The van der Waals surface area contributed by atoms with E-state index in [-0.39, 0.29) is 11.3 Å². The highest BCUT2D eigenvalue weighted by atomic mass is 16.6. The summed E-state index contributed by atoms with van der Waals surface area (Å²) in [5.74, 6) is 0. The minimum atomic E-state index is -0.513. The molecule has 1 aliphatic rings. The maximum absolute atomic E-state index is 10.8. The number of benzene rings is 1. The van der Waals surface area contributed by atoms with E-state index in [0.717, 1.165) is 31.6 Å². The van der Waals surface area contributed by atoms with Crippen molar-refractivity contribution in [1.29, 1.82) is 5.26 Å². The lowest BCUT2D eigenvalue weighted by atomic mass is 10.0. The van der Waals surface area contributed by atoms with Gasteiger partial charge in [0, 0.05) is 30.9 Å². The molecule has 0 aliphatic carbocycles. The molecular formula is C14H18N4O2. The average molecular weight is 274 g/mol. The quantitative estimate of drug-likeness (QED) is 0.622. The van der Waals surface area contributed by atoms with Gasteiger partial charge in [-0.2, -0.15) is 5.26 Å². The lowest BCUT2D eigenvalue weighted by Crippen LogP contribution is -2.45. The SMILES string of the molecule is CN(C)C1CCCN(c2ccc([N+](=O)[O-])c(C#N)c2)C1. The van der Waals surface area contributed by atoms with Crippen molar-refractivity contribution in [3.05, 3.63) is 33.9 Å². The van der Waals surface area contributed by atoms with Crippen molar-refractivity contribution < 1.29 is 4.92 Å². The van der Waals surface area contributed by atoms with E-state index in [0.29, 0.717) is 6.04 Å². The summed E-state index contributed by atoms with van der Waals surface area (Å²) in [4.78, 5) is 14.7. The lowest BCUT2D eigenvalue weighted by Gasteiger charge is -2.37. The molecule has 0 aromatic heterocycles. The van der Waals surface area contributed by atoms with Crippen LogP contribution < -0.4 is 4.90 Å². The summed E-state index contributed by atoms with van der Waals surface area (Å²) >= 11 is 0. The largest absolute Gasteiger partial charge is 0.370 e. The van der Waals surface area contributed by atoms with Crippen LogP contribution in [0.2, 0.25) is 0 Å². The second-order valence-electron chi connectivity index (χ2n) is 5.28. The molecule has 2 rings (SSSR count). The van der Waals surface area contributed by atoms with E-state index in [2.05, 4.69) is 23.9 Å². The summed E-state index contributed by atoms with van der Waals surface area (Å²) in [6.45, 7) is 1.81. The number of nitro groups is 1. The molecule has 1 saturated heterocycles. The number of nitrogens with zero attached hydrogens (tertiary/aromatic N) is 4. The van der Waals surface area contributed by atoms with Crippen LogP contribution in [0.25, 0.3) is 0 Å². The van der Waals surface area contributed by atoms with Gasteiger partial charge in [0.25, 0.3) is 5.69 Å². The van der Waals surface area contributed by atoms with Crippen LogP contribution in [0, 0.1) is 21.4 Å². The molecule has 1 aromatic rings. The van der Waals surface area contributed by atoms with Gasteiger partial charge in [-0.25, -0.2) is 0 Å². The van der Waals surface area contributed by atoms with E-state index in [1.807, 2.05) is 6.07 Å². The average Bonchev–Trinajstić information content (AvgIpc) is 2.46. The van der Waals surface area contributed by atoms with Crippen LogP contribution in [0.3, 0.4) is 0 Å². The molecule has 1 aliphatic heterocycles. The molecule has 1 atom stereocenters. The number of anilines is 1. The summed E-state index contributed by atoms with van der Waals surface area (Å²) < 4.78 is 0. The summed E-state index contributed by atoms with van der Waals surface area (Å²) in [6.07, 6.45) is 2.24. The fourth-order valence-corrected chi connectivity index (χ4v) is 2.58. The molecule has 6 heteroatoms. The molecule has 1 heterocycles. The number of rotatable bonds is 3. The van der Waals surface area contributed by atoms with Crippen LogP contribution in [0.15, 0.2) is 18.2 Å². The lowest BCUT2D eigenvalue weighted by molar-refractivity contribution is -0.385. The number of nitro benzene ring substituents is 1. The van der Waals surface area contributed by atoms with E-state index in [1.54, 1.807) is 12.1 Å². The predicted octanol–water partition coefficient (Wildman–Crippen LogP) is 2.00. The monoisotopic (exact) mass is 274 g/mol. The minimum Gasteiger partial charge on any atom is -0.370 e. The van der Waals surface area contributed by atoms with E-state index in [9.17, 15) is 10.1 Å². The zero-order chi connectivity index (χ0) is 14.7. The van der Waals surface area contributed by atoms with Crippen molar-refractivity contribution in [3.63, 3.8) is 0 Å². The second kappa shape index (κ2) is 5.88. The molecule has 0 bridgehead atoms. The van der Waals surface area contributed by atoms with Crippen molar-refractivity contribution in [2.75, 3.05) is 32.1 Å². The van der Waals surface area contributed by atoms with Gasteiger partial charge in [-0.15, -0.1) is 0 Å². The number of piperidine rings is 1. The standard InChI is InChI=1S/C14H18N4O2/c1-16(2)13-4-3-7-17(10-13)12-5-6-14(18(19)20)11(8-12)9-15/h5-6,8,13H,3-4,7,10H2,1-2H3. The summed E-state index contributed by atoms with van der Waals surface area (Å²) in [6, 6.07) is 7.17. The van der Waals surface area contributed by atoms with E-state index >= 15 is 0 Å². The molecule has 0 radical (unpaired) electrons. The van der Waals surface area contributed by atoms with Crippen molar-refractivity contribution in [2.24, 2.45) is 0 Å².